The summed E-state index contributed by atoms with van der Waals surface area (Å²) in [6.07, 6.45) is 10.9. The first-order valence-corrected chi connectivity index (χ1v) is 34.6. The fourth-order valence-corrected chi connectivity index (χ4v) is 13.2. The lowest BCUT2D eigenvalue weighted by Gasteiger charge is -2.29. The topological polar surface area (TPSA) is 366 Å². The van der Waals surface area contributed by atoms with Crippen LogP contribution in [0.1, 0.15) is 92.4 Å². The zero-order valence-electron chi connectivity index (χ0n) is 51.9. The highest BCUT2D eigenvalue weighted by atomic mass is 32.2. The minimum atomic E-state index is -3.36. The molecule has 1 aliphatic heterocycles. The number of aromatic nitrogens is 9. The average Bonchev–Trinajstić information content (AvgIpc) is 1.76. The number of nitrogens with zero attached hydrogens (tertiary/aromatic N) is 7. The standard InChI is InChI=1S/C24H24N4O4S.C22H20N4O4S.C21H24N4O4S.H2/c1-15(2)33(31,32)19-9-5-17(6-10-19)21-14-26-23-22(28-21)20(13-25-23)24(30)27-18-7-3-16(4-8-18)11-12-29;1-13(2)31(29,30)17-8-6-14(7-9-17)19-12-24-21-20(26-19)18(11-23-21)22(28)25-15-4-3-5-16(27)10-15;1-13(2)30(28,29)16-7-5-14(6-8-16)18-11-23-20-19(24-18)17(10-22-20)21(27)25-9-3-4-15(26)12-25;/h3-10,13-15,29H,11-12H2,1-2H3,(H,25,26)(H,27,30);3-13,27H,1-2H3,(H,23,24)(H,25,28);5-8,10-11,13,15,26H,3-4,9,12H2,1-2H3,(H,22,23);1H. The molecule has 0 radical (unpaired) electrons. The number of aliphatic hydroxyl groups is 2. The van der Waals surface area contributed by atoms with Crippen LogP contribution in [0, 0.1) is 0 Å². The summed E-state index contributed by atoms with van der Waals surface area (Å²) in [5.41, 5.74) is 9.44. The van der Waals surface area contributed by atoms with Gasteiger partial charge in [-0.15, -0.1) is 0 Å². The smallest absolute Gasteiger partial charge is 0.259 e. The summed E-state index contributed by atoms with van der Waals surface area (Å²) in [6.45, 7) is 10.8. The number of anilines is 2. The molecule has 1 unspecified atom stereocenters. The highest BCUT2D eigenvalue weighted by Gasteiger charge is 2.28. The number of likely N-dealkylation sites (tertiary alicyclic amines) is 1. The molecular weight excluding hydrogens is 1260 g/mol. The maximum Gasteiger partial charge on any atom is 0.259 e. The molecule has 1 saturated heterocycles. The number of amides is 3. The van der Waals surface area contributed by atoms with E-state index in [1.165, 1.54) is 18.3 Å². The molecule has 1 atom stereocenters. The van der Waals surface area contributed by atoms with Crippen LogP contribution in [-0.2, 0) is 35.9 Å². The number of sulfone groups is 3. The highest BCUT2D eigenvalue weighted by molar-refractivity contribution is 7.92. The number of benzene rings is 5. The first-order valence-electron chi connectivity index (χ1n) is 30.0. The zero-order chi connectivity index (χ0) is 67.2. The third-order valence-electron chi connectivity index (χ3n) is 15.6. The summed E-state index contributed by atoms with van der Waals surface area (Å²) in [5.74, 6) is -0.880. The van der Waals surface area contributed by atoms with Gasteiger partial charge < -0.3 is 45.8 Å². The van der Waals surface area contributed by atoms with E-state index in [2.05, 4.69) is 55.5 Å². The monoisotopic (exact) mass is 1330 g/mol. The van der Waals surface area contributed by atoms with Crippen molar-refractivity contribution in [3.8, 4) is 39.5 Å². The Morgan fingerprint density at radius 2 is 0.947 bits per heavy atom. The van der Waals surface area contributed by atoms with Gasteiger partial charge in [0.15, 0.2) is 46.5 Å². The molecule has 0 aliphatic carbocycles. The Labute approximate surface area is 543 Å². The van der Waals surface area contributed by atoms with E-state index in [9.17, 15) is 49.9 Å². The van der Waals surface area contributed by atoms with Gasteiger partial charge in [-0.05, 0) is 127 Å². The molecule has 5 aromatic carbocycles. The van der Waals surface area contributed by atoms with Gasteiger partial charge in [0.1, 0.15) is 22.3 Å². The van der Waals surface area contributed by atoms with E-state index in [0.717, 1.165) is 12.0 Å². The largest absolute Gasteiger partial charge is 0.508 e. The zero-order valence-corrected chi connectivity index (χ0v) is 54.4. The second kappa shape index (κ2) is 28.0. The summed E-state index contributed by atoms with van der Waals surface area (Å²) in [4.78, 5) is 76.6. The van der Waals surface area contributed by atoms with E-state index in [0.29, 0.717) is 121 Å². The molecule has 6 aromatic heterocycles. The molecule has 3 amide bonds. The van der Waals surface area contributed by atoms with Crippen LogP contribution in [0.5, 0.6) is 5.75 Å². The predicted octanol–water partition coefficient (Wildman–Crippen LogP) is 10.0. The molecule has 0 bridgehead atoms. The molecule has 7 heterocycles. The SMILES string of the molecule is CC(C)S(=O)(=O)c1ccc(-c2cnc3[nH]cc(C(=O)N4CCCC(O)C4)c3n2)cc1.CC(C)S(=O)(=O)c1ccc(-c2cnc3[nH]cc(C(=O)Nc4ccc(CCO)cc4)c3n2)cc1.CC(C)S(=O)(=O)c1ccc(-c2cnc3[nH]cc(C(=O)Nc4cccc(O)c4)c3n2)cc1.[HH]. The van der Waals surface area contributed by atoms with Crippen molar-refractivity contribution in [3.05, 3.63) is 181 Å². The van der Waals surface area contributed by atoms with E-state index in [4.69, 9.17) is 5.11 Å². The number of hydrogen-bond acceptors (Lipinski definition) is 18. The Balaban J connectivity index is 0.000000167. The van der Waals surface area contributed by atoms with Gasteiger partial charge in [0.2, 0.25) is 0 Å². The van der Waals surface area contributed by atoms with E-state index >= 15 is 0 Å². The maximum atomic E-state index is 12.9. The second-order valence-electron chi connectivity index (χ2n) is 23.0. The van der Waals surface area contributed by atoms with Crippen LogP contribution >= 0.6 is 0 Å². The second-order valence-corrected chi connectivity index (χ2v) is 30.5. The van der Waals surface area contributed by atoms with Crippen LogP contribution < -0.4 is 10.6 Å². The molecule has 0 saturated carbocycles. The van der Waals surface area contributed by atoms with Crippen LogP contribution in [0.25, 0.3) is 67.3 Å². The molecule has 11 aromatic rings. The van der Waals surface area contributed by atoms with Crippen molar-refractivity contribution in [1.82, 2.24) is 49.8 Å². The van der Waals surface area contributed by atoms with Gasteiger partial charge in [-0.3, -0.25) is 14.4 Å². The first-order chi connectivity index (χ1) is 44.8. The number of carbonyl (C=O) groups excluding carboxylic acids is 3. The predicted molar refractivity (Wildman–Crippen MR) is 359 cm³/mol. The number of phenolic OH excluding ortho intramolecular Hbond substituents is 1. The Morgan fingerprint density at radius 3 is 1.33 bits per heavy atom. The van der Waals surface area contributed by atoms with Crippen LogP contribution in [0.15, 0.2) is 173 Å². The summed E-state index contributed by atoms with van der Waals surface area (Å²) in [6, 6.07) is 32.9. The van der Waals surface area contributed by atoms with Crippen molar-refractivity contribution in [2.75, 3.05) is 30.3 Å². The number of piperidine rings is 1. The summed E-state index contributed by atoms with van der Waals surface area (Å²) in [7, 11) is -10.1. The molecule has 8 N–H and O–H groups in total. The number of aromatic hydroxyl groups is 1. The van der Waals surface area contributed by atoms with Crippen molar-refractivity contribution in [2.24, 2.45) is 0 Å². The van der Waals surface area contributed by atoms with E-state index in [1.54, 1.807) is 174 Å². The van der Waals surface area contributed by atoms with Gasteiger partial charge in [-0.1, -0.05) is 54.6 Å². The number of nitrogens with one attached hydrogen (secondary N) is 5. The quantitative estimate of drug-likeness (QED) is 0.0446. The number of H-pyrrole nitrogens is 3. The first kappa shape index (κ1) is 66.8. The number of carbonyl (C=O) groups is 3. The number of phenols is 1. The molecule has 488 valence electrons. The number of fused-ring (bicyclic) bond motifs is 3. The van der Waals surface area contributed by atoms with Gasteiger partial charge in [0.25, 0.3) is 17.7 Å². The average molecular weight is 1330 g/mol. The van der Waals surface area contributed by atoms with Crippen molar-refractivity contribution in [3.63, 3.8) is 0 Å². The van der Waals surface area contributed by atoms with Crippen LogP contribution in [-0.4, -0.2) is 150 Å². The lowest BCUT2D eigenvalue weighted by Crippen LogP contribution is -2.42. The third-order valence-corrected chi connectivity index (χ3v) is 22.1. The lowest BCUT2D eigenvalue weighted by molar-refractivity contribution is 0.0475. The summed E-state index contributed by atoms with van der Waals surface area (Å²) < 4.78 is 74.0. The van der Waals surface area contributed by atoms with Crippen molar-refractivity contribution < 1.29 is 56.4 Å². The molecular formula is C67H70N12O12S3. The Bertz CT molecular complexity index is 4950. The Hall–Kier alpha value is -10.1. The third kappa shape index (κ3) is 14.7. The Kier molecular flexibility index (Phi) is 19.9. The molecule has 0 spiro atoms. The minimum absolute atomic E-state index is 0. The molecule has 24 nitrogen and oxygen atoms in total. The van der Waals surface area contributed by atoms with Gasteiger partial charge >= 0.3 is 0 Å². The molecule has 1 fully saturated rings. The molecule has 94 heavy (non-hydrogen) atoms. The lowest BCUT2D eigenvalue weighted by atomic mass is 10.1. The molecule has 1 aliphatic rings. The van der Waals surface area contributed by atoms with E-state index in [1.807, 2.05) is 12.1 Å². The molecule has 12 rings (SSSR count). The number of aliphatic hydroxyl groups excluding tert-OH is 2. The van der Waals surface area contributed by atoms with Crippen LogP contribution in [0.4, 0.5) is 11.4 Å². The van der Waals surface area contributed by atoms with Gasteiger partial charge in [0, 0.05) is 73.8 Å². The fraction of sp³-hybridized carbons (Fsp3) is 0.239. The van der Waals surface area contributed by atoms with Crippen molar-refractivity contribution >= 4 is 92.1 Å². The van der Waals surface area contributed by atoms with E-state index < -0.39 is 57.3 Å². The van der Waals surface area contributed by atoms with Crippen molar-refractivity contribution in [2.45, 2.75) is 97.3 Å². The fourth-order valence-electron chi connectivity index (χ4n) is 10.0. The number of rotatable bonds is 16. The molecule has 27 heteroatoms. The number of hydrogen-bond donors (Lipinski definition) is 8. The van der Waals surface area contributed by atoms with Gasteiger partial charge in [-0.2, -0.15) is 0 Å². The minimum Gasteiger partial charge on any atom is -0.508 e. The van der Waals surface area contributed by atoms with Gasteiger partial charge in [-0.25, -0.2) is 55.2 Å². The van der Waals surface area contributed by atoms with Crippen molar-refractivity contribution in [1.29, 1.82) is 0 Å². The van der Waals surface area contributed by atoms with E-state index in [-0.39, 0.29) is 40.3 Å². The normalized spacial score (nSPS) is 13.6. The Morgan fingerprint density at radius 1 is 0.553 bits per heavy atom. The highest BCUT2D eigenvalue weighted by Crippen LogP contribution is 2.30. The van der Waals surface area contributed by atoms with Gasteiger partial charge in [0.05, 0.1) is 88.9 Å². The van der Waals surface area contributed by atoms with Crippen LogP contribution in [0.3, 0.4) is 0 Å². The summed E-state index contributed by atoms with van der Waals surface area (Å²) in [5, 5.41) is 32.5. The summed E-state index contributed by atoms with van der Waals surface area (Å²) >= 11 is 0. The maximum absolute atomic E-state index is 12.9. The number of aromatic amines is 3. The van der Waals surface area contributed by atoms with Crippen LogP contribution in [0.2, 0.25) is 0 Å². The number of β-amino-alcohol motifs (C(OH)–C–C–N with tert-alkyl or cyclic N) is 1.